The van der Waals surface area contributed by atoms with Crippen molar-refractivity contribution in [2.45, 2.75) is 12.3 Å². The van der Waals surface area contributed by atoms with E-state index in [9.17, 15) is 10.1 Å². The van der Waals surface area contributed by atoms with Gasteiger partial charge in [-0.3, -0.25) is 0 Å². The average molecular weight is 253 g/mol. The molecule has 0 aromatic heterocycles. The van der Waals surface area contributed by atoms with Gasteiger partial charge in [-0.1, -0.05) is 24.3 Å². The molecular weight excluding hydrogens is 238 g/mol. The van der Waals surface area contributed by atoms with Gasteiger partial charge in [-0.15, -0.1) is 0 Å². The number of esters is 1. The van der Waals surface area contributed by atoms with Gasteiger partial charge in [0.15, 0.2) is 0 Å². The molecule has 0 spiro atoms. The first kappa shape index (κ1) is 12.0. The zero-order valence-electron chi connectivity index (χ0n) is 10.7. The van der Waals surface area contributed by atoms with E-state index in [4.69, 9.17) is 4.74 Å². The van der Waals surface area contributed by atoms with Gasteiger partial charge in [0.1, 0.15) is 0 Å². The molecule has 1 aromatic rings. The van der Waals surface area contributed by atoms with Gasteiger partial charge in [-0.25, -0.2) is 4.79 Å². The van der Waals surface area contributed by atoms with Gasteiger partial charge >= 0.3 is 5.97 Å². The number of rotatable bonds is 2. The number of nitriles is 1. The van der Waals surface area contributed by atoms with E-state index in [1.165, 1.54) is 7.11 Å². The van der Waals surface area contributed by atoms with Crippen LogP contribution in [0.1, 0.15) is 28.3 Å². The van der Waals surface area contributed by atoms with Crippen LogP contribution in [0.4, 0.5) is 0 Å². The van der Waals surface area contributed by atoms with Crippen molar-refractivity contribution in [1.29, 1.82) is 5.26 Å². The van der Waals surface area contributed by atoms with Crippen LogP contribution < -0.4 is 0 Å². The van der Waals surface area contributed by atoms with Gasteiger partial charge in [0.2, 0.25) is 0 Å². The first-order valence-corrected chi connectivity index (χ1v) is 6.51. The maximum Gasteiger partial charge on any atom is 0.337 e. The second-order valence-corrected chi connectivity index (χ2v) is 5.24. The van der Waals surface area contributed by atoms with Crippen LogP contribution in [0.25, 0.3) is 0 Å². The lowest BCUT2D eigenvalue weighted by atomic mass is 9.79. The second kappa shape index (κ2) is 4.55. The minimum absolute atomic E-state index is 0.0685. The summed E-state index contributed by atoms with van der Waals surface area (Å²) in [6.07, 6.45) is 5.50. The van der Waals surface area contributed by atoms with Gasteiger partial charge in [0.05, 0.1) is 24.7 Å². The van der Waals surface area contributed by atoms with Crippen molar-refractivity contribution in [1.82, 2.24) is 0 Å². The molecular formula is C16H15NO2. The highest BCUT2D eigenvalue weighted by Crippen LogP contribution is 2.52. The summed E-state index contributed by atoms with van der Waals surface area (Å²) in [5.41, 5.74) is 1.70. The second-order valence-electron chi connectivity index (χ2n) is 5.24. The Morgan fingerprint density at radius 1 is 1.26 bits per heavy atom. The Hall–Kier alpha value is -2.08. The smallest absolute Gasteiger partial charge is 0.337 e. The lowest BCUT2D eigenvalue weighted by Gasteiger charge is -2.23. The first-order valence-electron chi connectivity index (χ1n) is 6.51. The number of fused-ring (bicyclic) bond motifs is 2. The fourth-order valence-electron chi connectivity index (χ4n) is 3.41. The number of hydrogen-bond donors (Lipinski definition) is 0. The van der Waals surface area contributed by atoms with Crippen LogP contribution >= 0.6 is 0 Å². The van der Waals surface area contributed by atoms with Crippen LogP contribution in [0.15, 0.2) is 36.4 Å². The molecule has 96 valence electrons. The summed E-state index contributed by atoms with van der Waals surface area (Å²) in [5, 5.41) is 9.34. The van der Waals surface area contributed by atoms with Crippen LogP contribution in [0.3, 0.4) is 0 Å². The number of allylic oxidation sites excluding steroid dienone is 2. The molecule has 19 heavy (non-hydrogen) atoms. The topological polar surface area (TPSA) is 50.1 Å². The fraction of sp³-hybridized carbons (Fsp3) is 0.375. The summed E-state index contributed by atoms with van der Waals surface area (Å²) < 4.78 is 4.69. The zero-order valence-corrected chi connectivity index (χ0v) is 10.7. The molecule has 2 bridgehead atoms. The number of ether oxygens (including phenoxy) is 1. The molecule has 0 N–H and O–H groups in total. The molecule has 0 amide bonds. The van der Waals surface area contributed by atoms with E-state index >= 15 is 0 Å². The molecule has 1 fully saturated rings. The number of benzene rings is 1. The van der Waals surface area contributed by atoms with E-state index in [0.29, 0.717) is 17.4 Å². The Balaban J connectivity index is 1.89. The van der Waals surface area contributed by atoms with Crippen molar-refractivity contribution < 1.29 is 9.53 Å². The lowest BCUT2D eigenvalue weighted by molar-refractivity contribution is 0.0600. The molecule has 2 aliphatic carbocycles. The Bertz CT molecular complexity index is 567. The molecule has 3 heteroatoms. The largest absolute Gasteiger partial charge is 0.465 e. The molecule has 0 saturated heterocycles. The van der Waals surface area contributed by atoms with Crippen LogP contribution in [0.5, 0.6) is 0 Å². The molecule has 0 heterocycles. The standard InChI is InChI=1S/C16H15NO2/c1-19-16(18)11-4-2-10(3-5-11)15-13-7-6-12(8-13)14(15)9-17/h2-7,12-15H,8H2,1H3/t12-,13+,14+,15-/m1/s1. The highest BCUT2D eigenvalue weighted by atomic mass is 16.5. The Morgan fingerprint density at radius 2 is 1.95 bits per heavy atom. The van der Waals surface area contributed by atoms with E-state index in [2.05, 4.69) is 18.2 Å². The molecule has 3 nitrogen and oxygen atoms in total. The zero-order chi connectivity index (χ0) is 13.4. The number of carbonyl (C=O) groups is 1. The van der Waals surface area contributed by atoms with Crippen LogP contribution in [-0.2, 0) is 4.74 Å². The monoisotopic (exact) mass is 253 g/mol. The predicted octanol–water partition coefficient (Wildman–Crippen LogP) is 2.90. The summed E-state index contributed by atoms with van der Waals surface area (Å²) >= 11 is 0. The number of hydrogen-bond acceptors (Lipinski definition) is 3. The number of methoxy groups -OCH3 is 1. The van der Waals surface area contributed by atoms with Crippen molar-refractivity contribution in [3.05, 3.63) is 47.5 Å². The molecule has 0 radical (unpaired) electrons. The SMILES string of the molecule is COC(=O)c1ccc([C@H]2[C@@H](C#N)[C@@H]3C=C[C@H]2C3)cc1. The summed E-state index contributed by atoms with van der Waals surface area (Å²) in [4.78, 5) is 11.4. The quantitative estimate of drug-likeness (QED) is 0.601. The third-order valence-electron chi connectivity index (χ3n) is 4.33. The molecule has 2 aliphatic rings. The average Bonchev–Trinajstić information content (AvgIpc) is 3.06. The van der Waals surface area contributed by atoms with Crippen molar-refractivity contribution in [2.75, 3.05) is 7.11 Å². The van der Waals surface area contributed by atoms with Gasteiger partial charge in [0, 0.05) is 5.92 Å². The Labute approximate surface area is 112 Å². The van der Waals surface area contributed by atoms with Crippen molar-refractivity contribution >= 4 is 5.97 Å². The lowest BCUT2D eigenvalue weighted by Crippen LogP contribution is -2.16. The summed E-state index contributed by atoms with van der Waals surface area (Å²) in [7, 11) is 1.38. The minimum Gasteiger partial charge on any atom is -0.465 e. The first-order chi connectivity index (χ1) is 9.24. The van der Waals surface area contributed by atoms with E-state index in [0.717, 1.165) is 12.0 Å². The van der Waals surface area contributed by atoms with Crippen molar-refractivity contribution in [3.8, 4) is 6.07 Å². The van der Waals surface area contributed by atoms with Crippen LogP contribution in [-0.4, -0.2) is 13.1 Å². The van der Waals surface area contributed by atoms with E-state index in [1.54, 1.807) is 12.1 Å². The van der Waals surface area contributed by atoms with Gasteiger partial charge in [-0.05, 0) is 36.0 Å². The molecule has 1 saturated carbocycles. The van der Waals surface area contributed by atoms with Gasteiger partial charge < -0.3 is 4.74 Å². The van der Waals surface area contributed by atoms with E-state index in [1.807, 2.05) is 12.1 Å². The third-order valence-corrected chi connectivity index (χ3v) is 4.33. The molecule has 0 unspecified atom stereocenters. The highest BCUT2D eigenvalue weighted by molar-refractivity contribution is 5.89. The maximum atomic E-state index is 11.4. The summed E-state index contributed by atoms with van der Waals surface area (Å²) in [6, 6.07) is 9.92. The van der Waals surface area contributed by atoms with Crippen LogP contribution in [0, 0.1) is 29.1 Å². The van der Waals surface area contributed by atoms with Gasteiger partial charge in [-0.2, -0.15) is 5.26 Å². The molecule has 0 aliphatic heterocycles. The summed E-state index contributed by atoms with van der Waals surface area (Å²) in [5.74, 6) is 0.890. The van der Waals surface area contributed by atoms with E-state index < -0.39 is 0 Å². The van der Waals surface area contributed by atoms with Crippen LogP contribution in [0.2, 0.25) is 0 Å². The predicted molar refractivity (Wildman–Crippen MR) is 70.4 cm³/mol. The van der Waals surface area contributed by atoms with Gasteiger partial charge in [0.25, 0.3) is 0 Å². The summed E-state index contributed by atoms with van der Waals surface area (Å²) in [6.45, 7) is 0. The molecule has 4 atom stereocenters. The highest BCUT2D eigenvalue weighted by Gasteiger charge is 2.45. The Kier molecular flexibility index (Phi) is 2.87. The number of nitrogens with zero attached hydrogens (tertiary/aromatic N) is 1. The third kappa shape index (κ3) is 1.84. The molecule has 3 rings (SSSR count). The maximum absolute atomic E-state index is 11.4. The number of carbonyl (C=O) groups excluding carboxylic acids is 1. The normalized spacial score (nSPS) is 31.2. The Morgan fingerprint density at radius 3 is 2.58 bits per heavy atom. The minimum atomic E-state index is -0.323. The molecule has 1 aromatic carbocycles. The fourth-order valence-corrected chi connectivity index (χ4v) is 3.41. The van der Waals surface area contributed by atoms with Crippen molar-refractivity contribution in [3.63, 3.8) is 0 Å². The van der Waals surface area contributed by atoms with Crippen molar-refractivity contribution in [2.24, 2.45) is 17.8 Å². The van der Waals surface area contributed by atoms with E-state index in [-0.39, 0.29) is 17.8 Å².